The van der Waals surface area contributed by atoms with E-state index in [1.165, 1.54) is 0 Å². The number of piperidine rings is 1. The van der Waals surface area contributed by atoms with E-state index in [1.807, 2.05) is 0 Å². The number of carbonyl (C=O) groups is 1. The minimum atomic E-state index is -4.82. The molecular weight excluding hydrogens is 290 g/mol. The molecule has 1 saturated heterocycles. The zero-order chi connectivity index (χ0) is 15.5. The maximum Gasteiger partial charge on any atom is 0.419 e. The van der Waals surface area contributed by atoms with Crippen LogP contribution in [0.15, 0.2) is 18.2 Å². The Morgan fingerprint density at radius 1 is 1.29 bits per heavy atom. The molecule has 21 heavy (non-hydrogen) atoms. The summed E-state index contributed by atoms with van der Waals surface area (Å²) in [6, 6.07) is 2.22. The lowest BCUT2D eigenvalue weighted by Crippen LogP contribution is -2.33. The van der Waals surface area contributed by atoms with Crippen molar-refractivity contribution in [3.8, 4) is 0 Å². The summed E-state index contributed by atoms with van der Waals surface area (Å²) in [5, 5.41) is 3.13. The van der Waals surface area contributed by atoms with Crippen LogP contribution in [0.25, 0.3) is 0 Å². The van der Waals surface area contributed by atoms with E-state index in [9.17, 15) is 22.4 Å². The van der Waals surface area contributed by atoms with Crippen molar-refractivity contribution in [1.29, 1.82) is 0 Å². The SMILES string of the molecule is O=C(COC1CCNCC1)c1ccc(F)c(C(F)(F)F)c1. The number of benzene rings is 1. The number of ketones is 1. The molecule has 2 rings (SSSR count). The second-order valence-electron chi connectivity index (χ2n) is 4.88. The van der Waals surface area contributed by atoms with Crippen LogP contribution < -0.4 is 5.32 Å². The van der Waals surface area contributed by atoms with Crippen molar-refractivity contribution in [3.05, 3.63) is 35.1 Å². The number of ether oxygens (including phenoxy) is 1. The molecule has 1 aliphatic rings. The maximum atomic E-state index is 13.1. The number of carbonyl (C=O) groups excluding carboxylic acids is 1. The quantitative estimate of drug-likeness (QED) is 0.687. The highest BCUT2D eigenvalue weighted by Crippen LogP contribution is 2.32. The van der Waals surface area contributed by atoms with Gasteiger partial charge in [0.15, 0.2) is 5.78 Å². The molecule has 1 aromatic carbocycles. The highest BCUT2D eigenvalue weighted by atomic mass is 19.4. The van der Waals surface area contributed by atoms with Gasteiger partial charge in [-0.25, -0.2) is 4.39 Å². The standard InChI is InChI=1S/C14H15F4NO2/c15-12-2-1-9(7-11(12)14(16,17)18)13(20)8-21-10-3-5-19-6-4-10/h1-2,7,10,19H,3-6,8H2. The lowest BCUT2D eigenvalue weighted by molar-refractivity contribution is -0.140. The van der Waals surface area contributed by atoms with Crippen LogP contribution in [0.2, 0.25) is 0 Å². The predicted octanol–water partition coefficient (Wildman–Crippen LogP) is 2.80. The van der Waals surface area contributed by atoms with Crippen molar-refractivity contribution in [2.24, 2.45) is 0 Å². The summed E-state index contributed by atoms with van der Waals surface area (Å²) < 4.78 is 56.3. The first kappa shape index (κ1) is 15.9. The Bertz CT molecular complexity index is 510. The second-order valence-corrected chi connectivity index (χ2v) is 4.88. The highest BCUT2D eigenvalue weighted by Gasteiger charge is 2.34. The number of alkyl halides is 3. The summed E-state index contributed by atoms with van der Waals surface area (Å²) in [6.45, 7) is 1.27. The minimum absolute atomic E-state index is 0.0715. The number of hydrogen-bond acceptors (Lipinski definition) is 3. The van der Waals surface area contributed by atoms with Gasteiger partial charge in [-0.05, 0) is 44.1 Å². The van der Waals surface area contributed by atoms with Gasteiger partial charge >= 0.3 is 6.18 Å². The van der Waals surface area contributed by atoms with Gasteiger partial charge in [-0.3, -0.25) is 4.79 Å². The van der Waals surface area contributed by atoms with Crippen molar-refractivity contribution in [1.82, 2.24) is 5.32 Å². The molecule has 0 aromatic heterocycles. The van der Waals surface area contributed by atoms with E-state index in [-0.39, 0.29) is 18.3 Å². The van der Waals surface area contributed by atoms with E-state index < -0.39 is 23.3 Å². The van der Waals surface area contributed by atoms with Crippen molar-refractivity contribution >= 4 is 5.78 Å². The molecule has 0 unspecified atom stereocenters. The first-order valence-corrected chi connectivity index (χ1v) is 6.60. The van der Waals surface area contributed by atoms with E-state index in [2.05, 4.69) is 5.32 Å². The van der Waals surface area contributed by atoms with Crippen LogP contribution in [0.1, 0.15) is 28.8 Å². The van der Waals surface area contributed by atoms with Crippen LogP contribution >= 0.6 is 0 Å². The third-order valence-corrected chi connectivity index (χ3v) is 3.33. The molecule has 0 spiro atoms. The van der Waals surface area contributed by atoms with E-state index in [1.54, 1.807) is 0 Å². The Labute approximate surface area is 119 Å². The molecule has 0 amide bonds. The number of hydrogen-bond donors (Lipinski definition) is 1. The Hall–Kier alpha value is -1.47. The number of halogens is 4. The van der Waals surface area contributed by atoms with Crippen LogP contribution in [0.3, 0.4) is 0 Å². The van der Waals surface area contributed by atoms with Gasteiger partial charge in [-0.2, -0.15) is 13.2 Å². The molecule has 0 atom stereocenters. The van der Waals surface area contributed by atoms with Crippen molar-refractivity contribution in [2.75, 3.05) is 19.7 Å². The van der Waals surface area contributed by atoms with Crippen LogP contribution in [-0.4, -0.2) is 31.6 Å². The molecule has 3 nitrogen and oxygen atoms in total. The van der Waals surface area contributed by atoms with Gasteiger partial charge in [0.25, 0.3) is 0 Å². The van der Waals surface area contributed by atoms with Crippen molar-refractivity contribution in [3.63, 3.8) is 0 Å². The molecule has 1 aliphatic heterocycles. The molecule has 1 aromatic rings. The maximum absolute atomic E-state index is 13.1. The minimum Gasteiger partial charge on any atom is -0.370 e. The summed E-state index contributed by atoms with van der Waals surface area (Å²) in [6.07, 6.45) is -3.39. The molecule has 1 heterocycles. The molecule has 0 aliphatic carbocycles. The Balaban J connectivity index is 2.02. The fourth-order valence-electron chi connectivity index (χ4n) is 2.15. The van der Waals surface area contributed by atoms with Crippen LogP contribution in [0.5, 0.6) is 0 Å². The lowest BCUT2D eigenvalue weighted by Gasteiger charge is -2.22. The van der Waals surface area contributed by atoms with Gasteiger partial charge in [0.05, 0.1) is 11.7 Å². The fraction of sp³-hybridized carbons (Fsp3) is 0.500. The van der Waals surface area contributed by atoms with Gasteiger partial charge in [0.1, 0.15) is 12.4 Å². The summed E-state index contributed by atoms with van der Waals surface area (Å²) in [4.78, 5) is 11.8. The number of Topliss-reactive ketones (excluding diaryl/α,β-unsaturated/α-hetero) is 1. The average molecular weight is 305 g/mol. The van der Waals surface area contributed by atoms with E-state index in [0.29, 0.717) is 12.1 Å². The molecule has 116 valence electrons. The lowest BCUT2D eigenvalue weighted by atomic mass is 10.1. The summed E-state index contributed by atoms with van der Waals surface area (Å²) in [5.41, 5.74) is -1.63. The van der Waals surface area contributed by atoms with E-state index in [0.717, 1.165) is 32.0 Å². The topological polar surface area (TPSA) is 38.3 Å². The molecule has 0 bridgehead atoms. The monoisotopic (exact) mass is 305 g/mol. The number of nitrogens with one attached hydrogen (secondary N) is 1. The van der Waals surface area contributed by atoms with Crippen LogP contribution in [-0.2, 0) is 10.9 Å². The Kier molecular flexibility index (Phi) is 4.95. The normalized spacial score (nSPS) is 17.0. The summed E-state index contributed by atoms with van der Waals surface area (Å²) in [7, 11) is 0. The fourth-order valence-corrected chi connectivity index (χ4v) is 2.15. The van der Waals surface area contributed by atoms with E-state index in [4.69, 9.17) is 4.74 Å². The van der Waals surface area contributed by atoms with Crippen molar-refractivity contribution in [2.45, 2.75) is 25.1 Å². The van der Waals surface area contributed by atoms with Crippen LogP contribution in [0, 0.1) is 5.82 Å². The average Bonchev–Trinajstić information content (AvgIpc) is 2.45. The third-order valence-electron chi connectivity index (χ3n) is 3.33. The Morgan fingerprint density at radius 3 is 2.57 bits per heavy atom. The molecular formula is C14H15F4NO2. The van der Waals surface area contributed by atoms with Crippen LogP contribution in [0.4, 0.5) is 17.6 Å². The zero-order valence-corrected chi connectivity index (χ0v) is 11.2. The zero-order valence-electron chi connectivity index (χ0n) is 11.2. The molecule has 0 saturated carbocycles. The van der Waals surface area contributed by atoms with Gasteiger partial charge in [0, 0.05) is 5.56 Å². The molecule has 7 heteroatoms. The first-order chi connectivity index (χ1) is 9.88. The summed E-state index contributed by atoms with van der Waals surface area (Å²) >= 11 is 0. The first-order valence-electron chi connectivity index (χ1n) is 6.60. The smallest absolute Gasteiger partial charge is 0.370 e. The van der Waals surface area contributed by atoms with Gasteiger partial charge in [-0.1, -0.05) is 0 Å². The summed E-state index contributed by atoms with van der Waals surface area (Å²) in [5.74, 6) is -1.97. The van der Waals surface area contributed by atoms with Gasteiger partial charge < -0.3 is 10.1 Å². The highest BCUT2D eigenvalue weighted by molar-refractivity contribution is 5.97. The van der Waals surface area contributed by atoms with Gasteiger partial charge in [-0.15, -0.1) is 0 Å². The second kappa shape index (κ2) is 6.53. The van der Waals surface area contributed by atoms with E-state index >= 15 is 0 Å². The molecule has 0 radical (unpaired) electrons. The third kappa shape index (κ3) is 4.25. The molecule has 1 fully saturated rings. The predicted molar refractivity (Wildman–Crippen MR) is 67.6 cm³/mol. The largest absolute Gasteiger partial charge is 0.419 e. The van der Waals surface area contributed by atoms with Crippen molar-refractivity contribution < 1.29 is 27.1 Å². The Morgan fingerprint density at radius 2 is 1.95 bits per heavy atom. The molecule has 1 N–H and O–H groups in total. The van der Waals surface area contributed by atoms with Gasteiger partial charge in [0.2, 0.25) is 0 Å². The number of rotatable bonds is 4.